The van der Waals surface area contributed by atoms with Crippen LogP contribution in [-0.4, -0.2) is 11.9 Å². The first-order chi connectivity index (χ1) is 10.1. The minimum atomic E-state index is -1.27. The maximum atomic E-state index is 13.3. The fourth-order valence-corrected chi connectivity index (χ4v) is 1.55. The molecule has 0 bridgehead atoms. The van der Waals surface area contributed by atoms with Crippen LogP contribution < -0.4 is 10.1 Å². The van der Waals surface area contributed by atoms with Gasteiger partial charge in [0.15, 0.2) is 11.6 Å². The Kier molecular flexibility index (Phi) is 4.61. The van der Waals surface area contributed by atoms with Crippen LogP contribution in [0, 0.1) is 11.6 Å². The van der Waals surface area contributed by atoms with E-state index in [1.54, 1.807) is 24.3 Å². The van der Waals surface area contributed by atoms with Crippen molar-refractivity contribution >= 4 is 11.9 Å². The Hall–Kier alpha value is -2.76. The third-order valence-corrected chi connectivity index (χ3v) is 2.58. The van der Waals surface area contributed by atoms with E-state index in [-0.39, 0.29) is 6.54 Å². The van der Waals surface area contributed by atoms with Crippen LogP contribution >= 0.6 is 0 Å². The predicted octanol–water partition coefficient (Wildman–Crippen LogP) is 2.19. The molecule has 2 aromatic carbocycles. The van der Waals surface area contributed by atoms with Crippen LogP contribution in [0.25, 0.3) is 0 Å². The topological polar surface area (TPSA) is 55.4 Å². The zero-order valence-corrected chi connectivity index (χ0v) is 10.8. The zero-order chi connectivity index (χ0) is 15.2. The molecule has 2 aromatic rings. The number of carbonyl (C=O) groups excluding carboxylic acids is 2. The van der Waals surface area contributed by atoms with Gasteiger partial charge in [-0.15, -0.1) is 0 Å². The SMILES string of the molecule is O=C(NCc1ccccc1)C(=O)Oc1ccc(F)cc1F. The number of hydrogen-bond donors (Lipinski definition) is 1. The van der Waals surface area contributed by atoms with Gasteiger partial charge in [-0.1, -0.05) is 30.3 Å². The molecule has 0 atom stereocenters. The van der Waals surface area contributed by atoms with Crippen molar-refractivity contribution in [3.8, 4) is 5.75 Å². The minimum absolute atomic E-state index is 0.140. The first-order valence-electron chi connectivity index (χ1n) is 6.05. The summed E-state index contributed by atoms with van der Waals surface area (Å²) >= 11 is 0. The van der Waals surface area contributed by atoms with Gasteiger partial charge in [0.05, 0.1) is 0 Å². The summed E-state index contributed by atoms with van der Waals surface area (Å²) in [5, 5.41) is 2.34. The molecule has 0 aliphatic rings. The van der Waals surface area contributed by atoms with Crippen LogP contribution in [0.1, 0.15) is 5.56 Å². The number of rotatable bonds is 3. The van der Waals surface area contributed by atoms with Crippen molar-refractivity contribution in [3.05, 3.63) is 65.7 Å². The number of carbonyl (C=O) groups is 2. The molecule has 108 valence electrons. The minimum Gasteiger partial charge on any atom is -0.416 e. The molecular formula is C15H11F2NO3. The quantitative estimate of drug-likeness (QED) is 0.536. The van der Waals surface area contributed by atoms with Gasteiger partial charge in [-0.3, -0.25) is 4.79 Å². The largest absolute Gasteiger partial charge is 0.416 e. The van der Waals surface area contributed by atoms with E-state index in [1.165, 1.54) is 0 Å². The lowest BCUT2D eigenvalue weighted by Crippen LogP contribution is -2.33. The Morgan fingerprint density at radius 2 is 1.76 bits per heavy atom. The second kappa shape index (κ2) is 6.60. The molecule has 4 nitrogen and oxygen atoms in total. The highest BCUT2D eigenvalue weighted by atomic mass is 19.1. The van der Waals surface area contributed by atoms with Crippen molar-refractivity contribution in [3.63, 3.8) is 0 Å². The van der Waals surface area contributed by atoms with Gasteiger partial charge in [0, 0.05) is 12.6 Å². The Balaban J connectivity index is 1.92. The van der Waals surface area contributed by atoms with Crippen LogP contribution in [0.4, 0.5) is 8.78 Å². The lowest BCUT2D eigenvalue weighted by molar-refractivity contribution is -0.148. The Morgan fingerprint density at radius 1 is 1.05 bits per heavy atom. The smallest absolute Gasteiger partial charge is 0.402 e. The lowest BCUT2D eigenvalue weighted by Gasteiger charge is -2.06. The molecule has 0 aromatic heterocycles. The van der Waals surface area contributed by atoms with Gasteiger partial charge in [-0.2, -0.15) is 0 Å². The number of esters is 1. The van der Waals surface area contributed by atoms with Gasteiger partial charge in [0.25, 0.3) is 0 Å². The molecular weight excluding hydrogens is 280 g/mol. The van der Waals surface area contributed by atoms with E-state index in [2.05, 4.69) is 10.1 Å². The maximum Gasteiger partial charge on any atom is 0.402 e. The Labute approximate surface area is 119 Å². The first kappa shape index (κ1) is 14.6. The van der Waals surface area contributed by atoms with E-state index in [0.29, 0.717) is 6.07 Å². The molecule has 1 amide bonds. The van der Waals surface area contributed by atoms with Crippen molar-refractivity contribution in [2.45, 2.75) is 6.54 Å². The third kappa shape index (κ3) is 4.10. The molecule has 0 fully saturated rings. The average molecular weight is 291 g/mol. The lowest BCUT2D eigenvalue weighted by atomic mass is 10.2. The molecule has 1 N–H and O–H groups in total. The number of amides is 1. The summed E-state index contributed by atoms with van der Waals surface area (Å²) in [7, 11) is 0. The van der Waals surface area contributed by atoms with E-state index in [1.807, 2.05) is 6.07 Å². The second-order valence-corrected chi connectivity index (χ2v) is 4.13. The van der Waals surface area contributed by atoms with E-state index >= 15 is 0 Å². The van der Waals surface area contributed by atoms with Gasteiger partial charge in [0.2, 0.25) is 0 Å². The third-order valence-electron chi connectivity index (χ3n) is 2.58. The summed E-state index contributed by atoms with van der Waals surface area (Å²) < 4.78 is 30.5. The molecule has 2 rings (SSSR count). The summed E-state index contributed by atoms with van der Waals surface area (Å²) in [5.74, 6) is -4.64. The molecule has 0 unspecified atom stereocenters. The Morgan fingerprint density at radius 3 is 2.43 bits per heavy atom. The fraction of sp³-hybridized carbons (Fsp3) is 0.0667. The number of halogens is 2. The van der Waals surface area contributed by atoms with Crippen LogP contribution in [0.2, 0.25) is 0 Å². The van der Waals surface area contributed by atoms with Crippen LogP contribution in [0.15, 0.2) is 48.5 Å². The average Bonchev–Trinajstić information content (AvgIpc) is 2.48. The summed E-state index contributed by atoms with van der Waals surface area (Å²) in [6, 6.07) is 11.3. The van der Waals surface area contributed by atoms with Gasteiger partial charge in [-0.05, 0) is 17.7 Å². The molecule has 21 heavy (non-hydrogen) atoms. The summed E-state index contributed by atoms with van der Waals surface area (Å²) in [6.45, 7) is 0.140. The van der Waals surface area contributed by atoms with E-state index in [4.69, 9.17) is 0 Å². The van der Waals surface area contributed by atoms with E-state index in [0.717, 1.165) is 17.7 Å². The number of ether oxygens (including phenoxy) is 1. The highest BCUT2D eigenvalue weighted by Gasteiger charge is 2.18. The van der Waals surface area contributed by atoms with Crippen LogP contribution in [0.3, 0.4) is 0 Å². The van der Waals surface area contributed by atoms with Crippen molar-refractivity contribution in [1.82, 2.24) is 5.32 Å². The maximum absolute atomic E-state index is 13.3. The van der Waals surface area contributed by atoms with Crippen LogP contribution in [-0.2, 0) is 16.1 Å². The van der Waals surface area contributed by atoms with Crippen LogP contribution in [0.5, 0.6) is 5.75 Å². The van der Waals surface area contributed by atoms with Gasteiger partial charge in [0.1, 0.15) is 5.82 Å². The highest BCUT2D eigenvalue weighted by Crippen LogP contribution is 2.17. The zero-order valence-electron chi connectivity index (χ0n) is 10.8. The molecule has 0 heterocycles. The summed E-state index contributed by atoms with van der Waals surface area (Å²) in [4.78, 5) is 23.0. The van der Waals surface area contributed by atoms with Crippen molar-refractivity contribution in [1.29, 1.82) is 0 Å². The number of benzene rings is 2. The molecule has 0 saturated heterocycles. The molecule has 0 saturated carbocycles. The molecule has 6 heteroatoms. The van der Waals surface area contributed by atoms with E-state index < -0.39 is 29.3 Å². The van der Waals surface area contributed by atoms with Crippen molar-refractivity contribution in [2.75, 3.05) is 0 Å². The van der Waals surface area contributed by atoms with Crippen molar-refractivity contribution in [2.24, 2.45) is 0 Å². The summed E-state index contributed by atoms with van der Waals surface area (Å²) in [5.41, 5.74) is 0.798. The fourth-order valence-electron chi connectivity index (χ4n) is 1.55. The van der Waals surface area contributed by atoms with Crippen molar-refractivity contribution < 1.29 is 23.1 Å². The number of nitrogens with one attached hydrogen (secondary N) is 1. The molecule has 0 spiro atoms. The highest BCUT2D eigenvalue weighted by molar-refractivity contribution is 6.33. The van der Waals surface area contributed by atoms with Gasteiger partial charge >= 0.3 is 11.9 Å². The summed E-state index contributed by atoms with van der Waals surface area (Å²) in [6.07, 6.45) is 0. The van der Waals surface area contributed by atoms with E-state index in [9.17, 15) is 18.4 Å². The second-order valence-electron chi connectivity index (χ2n) is 4.13. The monoisotopic (exact) mass is 291 g/mol. The van der Waals surface area contributed by atoms with Gasteiger partial charge in [-0.25, -0.2) is 13.6 Å². The molecule has 0 aliphatic heterocycles. The molecule has 0 radical (unpaired) electrons. The normalized spacial score (nSPS) is 10.0. The predicted molar refractivity (Wildman–Crippen MR) is 70.3 cm³/mol. The number of hydrogen-bond acceptors (Lipinski definition) is 3. The molecule has 0 aliphatic carbocycles. The standard InChI is InChI=1S/C15H11F2NO3/c16-11-6-7-13(12(17)8-11)21-15(20)14(19)18-9-10-4-2-1-3-5-10/h1-8H,9H2,(H,18,19). The Bertz CT molecular complexity index is 659. The first-order valence-corrected chi connectivity index (χ1v) is 6.05. The van der Waals surface area contributed by atoms with Gasteiger partial charge < -0.3 is 10.1 Å².